The largest absolute Gasteiger partial charge is 0.387 e. The highest BCUT2D eigenvalue weighted by Gasteiger charge is 2.40. The first-order valence-corrected chi connectivity index (χ1v) is 8.98. The molecule has 134 valence electrons. The Balaban J connectivity index is 1.68. The van der Waals surface area contributed by atoms with Crippen LogP contribution in [0.4, 0.5) is 0 Å². The SMILES string of the molecule is O=C(NCCc1noc(CO)n1)C1(c2ccc(Cl)cc2)CCCCC1. The molecule has 2 N–H and O–H groups in total. The minimum Gasteiger partial charge on any atom is -0.387 e. The van der Waals surface area contributed by atoms with E-state index in [1.807, 2.05) is 24.3 Å². The number of aromatic nitrogens is 2. The molecule has 1 aliphatic rings. The predicted molar refractivity (Wildman–Crippen MR) is 93.1 cm³/mol. The van der Waals surface area contributed by atoms with Crippen LogP contribution < -0.4 is 5.32 Å². The molecule has 0 bridgehead atoms. The zero-order chi connectivity index (χ0) is 17.7. The minimum absolute atomic E-state index is 0.0420. The molecule has 25 heavy (non-hydrogen) atoms. The smallest absolute Gasteiger partial charge is 0.252 e. The van der Waals surface area contributed by atoms with Crippen LogP contribution >= 0.6 is 11.6 Å². The number of hydrogen-bond acceptors (Lipinski definition) is 5. The van der Waals surface area contributed by atoms with E-state index in [1.54, 1.807) is 0 Å². The normalized spacial score (nSPS) is 16.6. The maximum absolute atomic E-state index is 13.0. The first-order chi connectivity index (χ1) is 12.1. The number of hydrogen-bond donors (Lipinski definition) is 2. The van der Waals surface area contributed by atoms with E-state index < -0.39 is 5.41 Å². The molecule has 2 aromatic rings. The summed E-state index contributed by atoms with van der Waals surface area (Å²) < 4.78 is 4.85. The molecule has 0 saturated heterocycles. The maximum atomic E-state index is 13.0. The zero-order valence-corrected chi connectivity index (χ0v) is 14.8. The summed E-state index contributed by atoms with van der Waals surface area (Å²) in [5.41, 5.74) is 0.535. The molecule has 1 aromatic carbocycles. The Bertz CT molecular complexity index is 709. The topological polar surface area (TPSA) is 88.2 Å². The average Bonchev–Trinajstić information content (AvgIpc) is 3.11. The molecule has 7 heteroatoms. The Morgan fingerprint density at radius 3 is 2.60 bits per heavy atom. The number of carbonyl (C=O) groups excluding carboxylic acids is 1. The first kappa shape index (κ1) is 17.9. The summed E-state index contributed by atoms with van der Waals surface area (Å²) >= 11 is 6.00. The second-order valence-corrected chi connectivity index (χ2v) is 6.85. The van der Waals surface area contributed by atoms with Crippen molar-refractivity contribution in [1.82, 2.24) is 15.5 Å². The van der Waals surface area contributed by atoms with E-state index in [0.29, 0.717) is 23.8 Å². The van der Waals surface area contributed by atoms with Gasteiger partial charge in [-0.2, -0.15) is 4.98 Å². The summed E-state index contributed by atoms with van der Waals surface area (Å²) in [5, 5.41) is 16.4. The summed E-state index contributed by atoms with van der Waals surface area (Å²) in [6.07, 6.45) is 5.40. The number of rotatable bonds is 6. The van der Waals surface area contributed by atoms with Crippen LogP contribution in [0, 0.1) is 0 Å². The molecule has 0 unspecified atom stereocenters. The van der Waals surface area contributed by atoms with Gasteiger partial charge in [0, 0.05) is 18.0 Å². The van der Waals surface area contributed by atoms with E-state index in [0.717, 1.165) is 37.7 Å². The van der Waals surface area contributed by atoms with Crippen molar-refractivity contribution >= 4 is 17.5 Å². The number of carbonyl (C=O) groups is 1. The third-order valence-corrected chi connectivity index (χ3v) is 5.07. The van der Waals surface area contributed by atoms with Crippen molar-refractivity contribution in [3.05, 3.63) is 46.6 Å². The van der Waals surface area contributed by atoms with Crippen molar-refractivity contribution in [3.8, 4) is 0 Å². The van der Waals surface area contributed by atoms with Gasteiger partial charge in [-0.15, -0.1) is 0 Å². The highest BCUT2D eigenvalue weighted by Crippen LogP contribution is 2.40. The number of halogens is 1. The number of benzene rings is 1. The molecular formula is C18H22ClN3O3. The number of aliphatic hydroxyl groups excluding tert-OH is 1. The Labute approximate surface area is 151 Å². The molecule has 1 amide bonds. The quantitative estimate of drug-likeness (QED) is 0.823. The molecule has 0 radical (unpaired) electrons. The fourth-order valence-electron chi connectivity index (χ4n) is 3.48. The van der Waals surface area contributed by atoms with Crippen LogP contribution in [0.3, 0.4) is 0 Å². The molecule has 0 atom stereocenters. The van der Waals surface area contributed by atoms with Gasteiger partial charge in [-0.05, 0) is 30.5 Å². The maximum Gasteiger partial charge on any atom is 0.252 e. The van der Waals surface area contributed by atoms with Crippen molar-refractivity contribution in [1.29, 1.82) is 0 Å². The monoisotopic (exact) mass is 363 g/mol. The lowest BCUT2D eigenvalue weighted by molar-refractivity contribution is -0.128. The van der Waals surface area contributed by atoms with Crippen LogP contribution in [0.1, 0.15) is 49.4 Å². The summed E-state index contributed by atoms with van der Waals surface area (Å²) in [6, 6.07) is 7.60. The second kappa shape index (κ2) is 7.97. The molecule has 1 fully saturated rings. The summed E-state index contributed by atoms with van der Waals surface area (Å²) in [7, 11) is 0. The standard InChI is InChI=1S/C18H22ClN3O3/c19-14-6-4-13(5-7-14)18(9-2-1-3-10-18)17(24)20-11-8-15-21-16(12-23)25-22-15/h4-7,23H,1-3,8-12H2,(H,20,24). The number of nitrogens with zero attached hydrogens (tertiary/aromatic N) is 2. The van der Waals surface area contributed by atoms with Gasteiger partial charge in [0.1, 0.15) is 6.61 Å². The third kappa shape index (κ3) is 4.02. The Hall–Kier alpha value is -1.92. The van der Waals surface area contributed by atoms with E-state index in [2.05, 4.69) is 15.5 Å². The molecule has 3 rings (SSSR count). The van der Waals surface area contributed by atoms with Crippen LogP contribution in [0.15, 0.2) is 28.8 Å². The summed E-state index contributed by atoms with van der Waals surface area (Å²) in [6.45, 7) is 0.150. The highest BCUT2D eigenvalue weighted by atomic mass is 35.5. The van der Waals surface area contributed by atoms with Crippen LogP contribution in [0.2, 0.25) is 5.02 Å². The van der Waals surface area contributed by atoms with Gasteiger partial charge in [0.2, 0.25) is 5.91 Å². The van der Waals surface area contributed by atoms with E-state index in [9.17, 15) is 4.79 Å². The lowest BCUT2D eigenvalue weighted by atomic mass is 9.68. The molecular weight excluding hydrogens is 342 g/mol. The van der Waals surface area contributed by atoms with Crippen LogP contribution in [0.25, 0.3) is 0 Å². The fourth-order valence-corrected chi connectivity index (χ4v) is 3.61. The molecule has 1 aromatic heterocycles. The van der Waals surface area contributed by atoms with E-state index >= 15 is 0 Å². The Morgan fingerprint density at radius 2 is 1.96 bits per heavy atom. The number of aliphatic hydroxyl groups is 1. The van der Waals surface area contributed by atoms with Crippen molar-refractivity contribution in [3.63, 3.8) is 0 Å². The molecule has 1 saturated carbocycles. The highest BCUT2D eigenvalue weighted by molar-refractivity contribution is 6.30. The number of nitrogens with one attached hydrogen (secondary N) is 1. The van der Waals surface area contributed by atoms with Crippen LogP contribution in [-0.2, 0) is 23.2 Å². The molecule has 6 nitrogen and oxygen atoms in total. The van der Waals surface area contributed by atoms with Crippen molar-refractivity contribution in [2.75, 3.05) is 6.54 Å². The predicted octanol–water partition coefficient (Wildman–Crippen LogP) is 2.78. The van der Waals surface area contributed by atoms with Gasteiger partial charge < -0.3 is 14.9 Å². The summed E-state index contributed by atoms with van der Waals surface area (Å²) in [5.74, 6) is 0.708. The van der Waals surface area contributed by atoms with Gasteiger partial charge in [0.05, 0.1) is 5.41 Å². The van der Waals surface area contributed by atoms with E-state index in [-0.39, 0.29) is 18.4 Å². The van der Waals surface area contributed by atoms with Gasteiger partial charge in [-0.1, -0.05) is 48.2 Å². The van der Waals surface area contributed by atoms with Gasteiger partial charge in [-0.3, -0.25) is 4.79 Å². The first-order valence-electron chi connectivity index (χ1n) is 8.61. The van der Waals surface area contributed by atoms with Gasteiger partial charge in [-0.25, -0.2) is 0 Å². The van der Waals surface area contributed by atoms with E-state index in [1.165, 1.54) is 0 Å². The van der Waals surface area contributed by atoms with Gasteiger partial charge in [0.15, 0.2) is 5.82 Å². The lowest BCUT2D eigenvalue weighted by Crippen LogP contribution is -2.46. The summed E-state index contributed by atoms with van der Waals surface area (Å²) in [4.78, 5) is 17.0. The molecule has 1 heterocycles. The second-order valence-electron chi connectivity index (χ2n) is 6.42. The van der Waals surface area contributed by atoms with E-state index in [4.69, 9.17) is 21.2 Å². The zero-order valence-electron chi connectivity index (χ0n) is 14.0. The van der Waals surface area contributed by atoms with Crippen LogP contribution in [-0.4, -0.2) is 27.7 Å². The van der Waals surface area contributed by atoms with Crippen molar-refractivity contribution in [2.45, 2.75) is 50.5 Å². The Morgan fingerprint density at radius 1 is 1.24 bits per heavy atom. The number of amides is 1. The molecule has 1 aliphatic carbocycles. The van der Waals surface area contributed by atoms with Gasteiger partial charge in [0.25, 0.3) is 5.89 Å². The minimum atomic E-state index is -0.490. The average molecular weight is 364 g/mol. The van der Waals surface area contributed by atoms with Gasteiger partial charge >= 0.3 is 0 Å². The third-order valence-electron chi connectivity index (χ3n) is 4.82. The lowest BCUT2D eigenvalue weighted by Gasteiger charge is -2.36. The van der Waals surface area contributed by atoms with Crippen LogP contribution in [0.5, 0.6) is 0 Å². The molecule has 0 aliphatic heterocycles. The van der Waals surface area contributed by atoms with Crippen molar-refractivity contribution in [2.24, 2.45) is 0 Å². The fraction of sp³-hybridized carbons (Fsp3) is 0.500. The van der Waals surface area contributed by atoms with Crippen molar-refractivity contribution < 1.29 is 14.4 Å². The Kier molecular flexibility index (Phi) is 5.71. The molecule has 0 spiro atoms.